The van der Waals surface area contributed by atoms with E-state index in [1.165, 1.54) is 25.5 Å². The van der Waals surface area contributed by atoms with Crippen LogP contribution in [0.15, 0.2) is 33.7 Å². The van der Waals surface area contributed by atoms with Crippen LogP contribution in [-0.4, -0.2) is 13.1 Å². The van der Waals surface area contributed by atoms with Crippen LogP contribution in [0.5, 0.6) is 0 Å². The highest BCUT2D eigenvalue weighted by atomic mass is 79.9. The highest BCUT2D eigenvalue weighted by molar-refractivity contribution is 9.09. The van der Waals surface area contributed by atoms with Crippen molar-refractivity contribution < 1.29 is 13.9 Å². The van der Waals surface area contributed by atoms with E-state index in [2.05, 4.69) is 20.7 Å². The number of rotatable bonds is 2. The van der Waals surface area contributed by atoms with Crippen molar-refractivity contribution in [3.8, 4) is 0 Å². The number of carbonyl (C=O) groups is 1. The summed E-state index contributed by atoms with van der Waals surface area (Å²) in [6, 6.07) is 4.48. The summed E-state index contributed by atoms with van der Waals surface area (Å²) in [5.74, 6) is -0.477. The van der Waals surface area contributed by atoms with Gasteiger partial charge in [-0.1, -0.05) is 15.9 Å². The number of methoxy groups -OCH3 is 1. The number of alkyl halides is 1. The van der Waals surface area contributed by atoms with Crippen LogP contribution < -0.4 is 5.43 Å². The Morgan fingerprint density at radius 1 is 1.44 bits per heavy atom. The van der Waals surface area contributed by atoms with Crippen LogP contribution >= 0.6 is 15.9 Å². The van der Waals surface area contributed by atoms with Gasteiger partial charge >= 0.3 is 5.97 Å². The maximum atomic E-state index is 11.8. The van der Waals surface area contributed by atoms with E-state index in [0.29, 0.717) is 16.5 Å². The molecule has 4 nitrogen and oxygen atoms in total. The van der Waals surface area contributed by atoms with Gasteiger partial charge in [-0.3, -0.25) is 4.79 Å². The monoisotopic (exact) mass is 310 g/mol. The summed E-state index contributed by atoms with van der Waals surface area (Å²) in [5.41, 5.74) is 1.38. The van der Waals surface area contributed by atoms with Gasteiger partial charge < -0.3 is 9.15 Å². The molecule has 1 atom stereocenters. The highest BCUT2D eigenvalue weighted by Crippen LogP contribution is 2.29. The molecule has 0 saturated carbocycles. The fraction of sp³-hybridized carbons (Fsp3) is 0.231. The second-order valence-electron chi connectivity index (χ2n) is 3.83. The van der Waals surface area contributed by atoms with Crippen LogP contribution in [0.25, 0.3) is 11.0 Å². The van der Waals surface area contributed by atoms with Gasteiger partial charge in [0.15, 0.2) is 5.43 Å². The molecule has 2 rings (SSSR count). The second kappa shape index (κ2) is 4.94. The lowest BCUT2D eigenvalue weighted by atomic mass is 10.0. The summed E-state index contributed by atoms with van der Waals surface area (Å²) < 4.78 is 10.0. The summed E-state index contributed by atoms with van der Waals surface area (Å²) in [6.45, 7) is 1.89. The third-order valence-corrected chi connectivity index (χ3v) is 3.13. The average molecular weight is 311 g/mol. The molecule has 0 aliphatic carbocycles. The first kappa shape index (κ1) is 12.8. The highest BCUT2D eigenvalue weighted by Gasteiger charge is 2.16. The first-order valence-electron chi connectivity index (χ1n) is 5.32. The predicted molar refractivity (Wildman–Crippen MR) is 71.2 cm³/mol. The molecule has 1 heterocycles. The van der Waals surface area contributed by atoms with Crippen LogP contribution in [0.1, 0.15) is 27.7 Å². The van der Waals surface area contributed by atoms with Crippen molar-refractivity contribution in [2.24, 2.45) is 0 Å². The Morgan fingerprint density at radius 3 is 2.78 bits per heavy atom. The van der Waals surface area contributed by atoms with Crippen LogP contribution in [0.4, 0.5) is 0 Å². The number of hydrogen-bond donors (Lipinski definition) is 0. The summed E-state index contributed by atoms with van der Waals surface area (Å²) >= 11 is 3.42. The molecule has 0 fully saturated rings. The molecule has 0 spiro atoms. The maximum Gasteiger partial charge on any atom is 0.337 e. The van der Waals surface area contributed by atoms with Crippen LogP contribution in [0.2, 0.25) is 0 Å². The average Bonchev–Trinajstić information content (AvgIpc) is 2.37. The minimum atomic E-state index is -0.477. The van der Waals surface area contributed by atoms with Gasteiger partial charge in [0.2, 0.25) is 0 Å². The Morgan fingerprint density at radius 2 is 2.17 bits per heavy atom. The largest absolute Gasteiger partial charge is 0.465 e. The number of halogens is 1. The van der Waals surface area contributed by atoms with Gasteiger partial charge in [-0.25, -0.2) is 4.79 Å². The molecule has 0 bridgehead atoms. The van der Waals surface area contributed by atoms with E-state index >= 15 is 0 Å². The molecule has 0 N–H and O–H groups in total. The van der Waals surface area contributed by atoms with E-state index in [9.17, 15) is 9.59 Å². The van der Waals surface area contributed by atoms with E-state index in [-0.39, 0.29) is 10.3 Å². The smallest absolute Gasteiger partial charge is 0.337 e. The molecule has 0 aliphatic heterocycles. The lowest BCUT2D eigenvalue weighted by Gasteiger charge is -2.09. The number of carbonyl (C=O) groups excluding carboxylic acids is 1. The minimum absolute atomic E-state index is 0.0462. The second-order valence-corrected chi connectivity index (χ2v) is 5.21. The van der Waals surface area contributed by atoms with Gasteiger partial charge in [0.1, 0.15) is 5.58 Å². The normalized spacial score (nSPS) is 12.4. The van der Waals surface area contributed by atoms with Crippen molar-refractivity contribution in [2.75, 3.05) is 7.11 Å². The fourth-order valence-electron chi connectivity index (χ4n) is 1.75. The lowest BCUT2D eigenvalue weighted by Crippen LogP contribution is -2.06. The molecule has 0 radical (unpaired) electrons. The van der Waals surface area contributed by atoms with E-state index in [4.69, 9.17) is 4.42 Å². The fourth-order valence-corrected chi connectivity index (χ4v) is 2.09. The maximum absolute atomic E-state index is 11.8. The molecule has 18 heavy (non-hydrogen) atoms. The van der Waals surface area contributed by atoms with Crippen molar-refractivity contribution in [1.82, 2.24) is 0 Å². The van der Waals surface area contributed by atoms with Crippen LogP contribution in [-0.2, 0) is 4.74 Å². The van der Waals surface area contributed by atoms with Crippen LogP contribution in [0.3, 0.4) is 0 Å². The predicted octanol–water partition coefficient (Wildman–Crippen LogP) is 3.04. The Labute approximate surface area is 112 Å². The van der Waals surface area contributed by atoms with Crippen molar-refractivity contribution in [2.45, 2.75) is 11.8 Å². The number of hydrogen-bond acceptors (Lipinski definition) is 4. The molecule has 1 aromatic carbocycles. The summed E-state index contributed by atoms with van der Waals surface area (Å²) in [7, 11) is 1.30. The first-order chi connectivity index (χ1) is 8.54. The zero-order valence-electron chi connectivity index (χ0n) is 9.90. The summed E-state index contributed by atoms with van der Waals surface area (Å²) in [6.07, 6.45) is 1.35. The Hall–Kier alpha value is -1.62. The third-order valence-electron chi connectivity index (χ3n) is 2.64. The van der Waals surface area contributed by atoms with E-state index in [1.54, 1.807) is 6.07 Å². The van der Waals surface area contributed by atoms with Crippen LogP contribution in [0, 0.1) is 0 Å². The Bertz CT molecular complexity index is 658. The SMILES string of the molecule is COC(=O)c1cc(C(C)Br)c2occc(=O)c2c1. The van der Waals surface area contributed by atoms with Gasteiger partial charge in [0.25, 0.3) is 0 Å². The molecular formula is C13H11BrO4. The molecule has 0 saturated heterocycles. The molecule has 94 valence electrons. The third kappa shape index (κ3) is 2.18. The van der Waals surface area contributed by atoms with Gasteiger partial charge in [0, 0.05) is 16.5 Å². The number of fused-ring (bicyclic) bond motifs is 1. The van der Waals surface area contributed by atoms with E-state index < -0.39 is 5.97 Å². The molecule has 1 unspecified atom stereocenters. The Kier molecular flexibility index (Phi) is 3.52. The van der Waals surface area contributed by atoms with E-state index in [0.717, 1.165) is 5.56 Å². The zero-order chi connectivity index (χ0) is 13.3. The summed E-state index contributed by atoms with van der Waals surface area (Å²) in [4.78, 5) is 23.3. The molecular weight excluding hydrogens is 300 g/mol. The lowest BCUT2D eigenvalue weighted by molar-refractivity contribution is 0.0601. The number of benzene rings is 1. The standard InChI is InChI=1S/C13H11BrO4/c1-7(14)9-5-8(13(16)17-2)6-10-11(15)3-4-18-12(9)10/h3-7H,1-2H3. The quantitative estimate of drug-likeness (QED) is 0.632. The molecule has 0 aliphatic rings. The molecule has 5 heteroatoms. The van der Waals surface area contributed by atoms with E-state index in [1.807, 2.05) is 6.92 Å². The number of esters is 1. The number of ether oxygens (including phenoxy) is 1. The Balaban J connectivity index is 2.84. The van der Waals surface area contributed by atoms with Gasteiger partial charge in [-0.15, -0.1) is 0 Å². The van der Waals surface area contributed by atoms with Gasteiger partial charge in [0.05, 0.1) is 24.3 Å². The topological polar surface area (TPSA) is 56.5 Å². The van der Waals surface area contributed by atoms with Crippen molar-refractivity contribution in [1.29, 1.82) is 0 Å². The van der Waals surface area contributed by atoms with Crippen molar-refractivity contribution >= 4 is 32.9 Å². The van der Waals surface area contributed by atoms with Gasteiger partial charge in [-0.2, -0.15) is 0 Å². The van der Waals surface area contributed by atoms with Crippen molar-refractivity contribution in [3.05, 3.63) is 45.8 Å². The summed E-state index contributed by atoms with van der Waals surface area (Å²) in [5, 5.41) is 0.377. The van der Waals surface area contributed by atoms with Gasteiger partial charge in [-0.05, 0) is 19.1 Å². The molecule has 0 amide bonds. The minimum Gasteiger partial charge on any atom is -0.465 e. The molecule has 1 aromatic heterocycles. The van der Waals surface area contributed by atoms with Crippen molar-refractivity contribution in [3.63, 3.8) is 0 Å². The first-order valence-corrected chi connectivity index (χ1v) is 6.24. The molecule has 2 aromatic rings. The zero-order valence-corrected chi connectivity index (χ0v) is 11.5.